The average Bonchev–Trinajstić information content (AvgIpc) is 2.39. The highest BCUT2D eigenvalue weighted by atomic mass is 16.6. The lowest BCUT2D eigenvalue weighted by Crippen LogP contribution is -2.38. The SMILES string of the molecule is N#Cc1ccnc(N2CCC(ON)CC2)c1. The van der Waals surface area contributed by atoms with Crippen LogP contribution in [0.5, 0.6) is 0 Å². The van der Waals surface area contributed by atoms with Crippen molar-refractivity contribution in [2.45, 2.75) is 18.9 Å². The zero-order chi connectivity index (χ0) is 11.4. The molecule has 0 aromatic carbocycles. The molecule has 1 saturated heterocycles. The third-order valence-corrected chi connectivity index (χ3v) is 2.83. The highest BCUT2D eigenvalue weighted by Gasteiger charge is 2.20. The Balaban J connectivity index is 2.05. The van der Waals surface area contributed by atoms with Crippen molar-refractivity contribution in [1.29, 1.82) is 5.26 Å². The van der Waals surface area contributed by atoms with Crippen LogP contribution in [0.2, 0.25) is 0 Å². The van der Waals surface area contributed by atoms with E-state index in [4.69, 9.17) is 16.0 Å². The van der Waals surface area contributed by atoms with Crippen molar-refractivity contribution in [3.63, 3.8) is 0 Å². The maximum Gasteiger partial charge on any atom is 0.129 e. The predicted molar refractivity (Wildman–Crippen MR) is 59.5 cm³/mol. The molecule has 84 valence electrons. The van der Waals surface area contributed by atoms with E-state index in [0.29, 0.717) is 5.56 Å². The zero-order valence-electron chi connectivity index (χ0n) is 8.97. The zero-order valence-corrected chi connectivity index (χ0v) is 8.97. The van der Waals surface area contributed by atoms with E-state index in [1.807, 2.05) is 6.07 Å². The van der Waals surface area contributed by atoms with Gasteiger partial charge in [-0.2, -0.15) is 5.26 Å². The summed E-state index contributed by atoms with van der Waals surface area (Å²) < 4.78 is 0. The number of nitrogens with zero attached hydrogens (tertiary/aromatic N) is 3. The molecule has 2 N–H and O–H groups in total. The van der Waals surface area contributed by atoms with Crippen molar-refractivity contribution < 1.29 is 4.84 Å². The maximum absolute atomic E-state index is 8.81. The van der Waals surface area contributed by atoms with E-state index in [0.717, 1.165) is 31.7 Å². The number of piperidine rings is 1. The summed E-state index contributed by atoms with van der Waals surface area (Å²) in [5.74, 6) is 6.01. The van der Waals surface area contributed by atoms with Crippen molar-refractivity contribution in [3.05, 3.63) is 23.9 Å². The van der Waals surface area contributed by atoms with Gasteiger partial charge in [0.25, 0.3) is 0 Å². The first-order valence-electron chi connectivity index (χ1n) is 5.30. The van der Waals surface area contributed by atoms with E-state index in [1.165, 1.54) is 0 Å². The van der Waals surface area contributed by atoms with Crippen LogP contribution in [-0.4, -0.2) is 24.2 Å². The number of anilines is 1. The number of rotatable bonds is 2. The van der Waals surface area contributed by atoms with E-state index < -0.39 is 0 Å². The molecule has 5 nitrogen and oxygen atoms in total. The minimum Gasteiger partial charge on any atom is -0.356 e. The second-order valence-electron chi connectivity index (χ2n) is 3.84. The summed E-state index contributed by atoms with van der Waals surface area (Å²) in [6, 6.07) is 5.63. The molecule has 0 saturated carbocycles. The van der Waals surface area contributed by atoms with Crippen LogP contribution < -0.4 is 10.8 Å². The Bertz CT molecular complexity index is 393. The number of hydrogen-bond donors (Lipinski definition) is 1. The van der Waals surface area contributed by atoms with Crippen molar-refractivity contribution in [2.24, 2.45) is 5.90 Å². The number of nitrogens with two attached hydrogens (primary N) is 1. The second-order valence-corrected chi connectivity index (χ2v) is 3.84. The monoisotopic (exact) mass is 218 g/mol. The van der Waals surface area contributed by atoms with Gasteiger partial charge >= 0.3 is 0 Å². The number of hydrogen-bond acceptors (Lipinski definition) is 5. The Morgan fingerprint density at radius 1 is 1.50 bits per heavy atom. The van der Waals surface area contributed by atoms with Crippen molar-refractivity contribution in [1.82, 2.24) is 4.98 Å². The van der Waals surface area contributed by atoms with E-state index in [2.05, 4.69) is 16.0 Å². The van der Waals surface area contributed by atoms with E-state index >= 15 is 0 Å². The molecule has 0 atom stereocenters. The van der Waals surface area contributed by atoms with Gasteiger partial charge in [-0.05, 0) is 25.0 Å². The van der Waals surface area contributed by atoms with E-state index in [9.17, 15) is 0 Å². The quantitative estimate of drug-likeness (QED) is 0.743. The number of pyridine rings is 1. The molecule has 1 aromatic heterocycles. The van der Waals surface area contributed by atoms with Crippen LogP contribution in [0.3, 0.4) is 0 Å². The molecule has 1 fully saturated rings. The Morgan fingerprint density at radius 2 is 2.25 bits per heavy atom. The van der Waals surface area contributed by atoms with Gasteiger partial charge in [-0.25, -0.2) is 10.9 Å². The molecule has 0 unspecified atom stereocenters. The molecule has 0 amide bonds. The number of aromatic nitrogens is 1. The molecule has 5 heteroatoms. The summed E-state index contributed by atoms with van der Waals surface area (Å²) >= 11 is 0. The molecule has 0 bridgehead atoms. The highest BCUT2D eigenvalue weighted by Crippen LogP contribution is 2.19. The number of nitriles is 1. The third-order valence-electron chi connectivity index (χ3n) is 2.83. The molecule has 0 spiro atoms. The molecule has 1 aliphatic rings. The van der Waals surface area contributed by atoms with Gasteiger partial charge in [-0.15, -0.1) is 0 Å². The molecule has 1 aliphatic heterocycles. The summed E-state index contributed by atoms with van der Waals surface area (Å²) in [5.41, 5.74) is 0.641. The third kappa shape index (κ3) is 2.30. The lowest BCUT2D eigenvalue weighted by molar-refractivity contribution is 0.0367. The smallest absolute Gasteiger partial charge is 0.129 e. The Hall–Kier alpha value is -1.64. The van der Waals surface area contributed by atoms with E-state index in [1.54, 1.807) is 12.3 Å². The van der Waals surface area contributed by atoms with Gasteiger partial charge in [0, 0.05) is 19.3 Å². The van der Waals surface area contributed by atoms with Crippen LogP contribution in [0, 0.1) is 11.3 Å². The van der Waals surface area contributed by atoms with Gasteiger partial charge in [0.1, 0.15) is 5.82 Å². The minimum atomic E-state index is 0.149. The van der Waals surface area contributed by atoms with Gasteiger partial charge < -0.3 is 9.74 Å². The van der Waals surface area contributed by atoms with Crippen LogP contribution in [0.25, 0.3) is 0 Å². The lowest BCUT2D eigenvalue weighted by Gasteiger charge is -2.31. The fourth-order valence-corrected chi connectivity index (χ4v) is 1.88. The molecule has 1 aromatic rings. The molecule has 2 heterocycles. The molecular formula is C11H14N4O. The first-order valence-corrected chi connectivity index (χ1v) is 5.30. The van der Waals surface area contributed by atoms with Crippen LogP contribution in [0.1, 0.15) is 18.4 Å². The average molecular weight is 218 g/mol. The standard InChI is InChI=1S/C11H14N4O/c12-8-9-1-4-14-11(7-9)15-5-2-10(16-13)3-6-15/h1,4,7,10H,2-3,5-6,13H2. The largest absolute Gasteiger partial charge is 0.356 e. The second kappa shape index (κ2) is 4.92. The molecular weight excluding hydrogens is 204 g/mol. The van der Waals surface area contributed by atoms with Gasteiger partial charge in [-0.1, -0.05) is 0 Å². The molecule has 2 rings (SSSR count). The Labute approximate surface area is 94.4 Å². The van der Waals surface area contributed by atoms with Crippen LogP contribution in [-0.2, 0) is 4.84 Å². The summed E-state index contributed by atoms with van der Waals surface area (Å²) in [6.45, 7) is 1.73. The van der Waals surface area contributed by atoms with Gasteiger partial charge in [0.05, 0.1) is 17.7 Å². The highest BCUT2D eigenvalue weighted by molar-refractivity contribution is 5.45. The summed E-state index contributed by atoms with van der Waals surface area (Å²) in [6.07, 6.45) is 3.61. The minimum absolute atomic E-state index is 0.149. The van der Waals surface area contributed by atoms with Crippen molar-refractivity contribution in [2.75, 3.05) is 18.0 Å². The first-order chi connectivity index (χ1) is 7.83. The maximum atomic E-state index is 8.81. The lowest BCUT2D eigenvalue weighted by atomic mass is 10.1. The topological polar surface area (TPSA) is 75.2 Å². The fraction of sp³-hybridized carbons (Fsp3) is 0.455. The Kier molecular flexibility index (Phi) is 3.34. The van der Waals surface area contributed by atoms with Crippen molar-refractivity contribution in [3.8, 4) is 6.07 Å². The first kappa shape index (κ1) is 10.9. The molecule has 0 aliphatic carbocycles. The van der Waals surface area contributed by atoms with Gasteiger partial charge in [-0.3, -0.25) is 0 Å². The van der Waals surface area contributed by atoms with Crippen LogP contribution in [0.4, 0.5) is 5.82 Å². The van der Waals surface area contributed by atoms with Crippen LogP contribution in [0.15, 0.2) is 18.3 Å². The van der Waals surface area contributed by atoms with Gasteiger partial charge in [0.15, 0.2) is 0 Å². The fourth-order valence-electron chi connectivity index (χ4n) is 1.88. The summed E-state index contributed by atoms with van der Waals surface area (Å²) in [4.78, 5) is 11.2. The normalized spacial score (nSPS) is 17.1. The summed E-state index contributed by atoms with van der Waals surface area (Å²) in [7, 11) is 0. The predicted octanol–water partition coefficient (Wildman–Crippen LogP) is 0.812. The molecule has 0 radical (unpaired) electrons. The molecule has 16 heavy (non-hydrogen) atoms. The summed E-state index contributed by atoms with van der Waals surface area (Å²) in [5, 5.41) is 8.81. The van der Waals surface area contributed by atoms with Crippen molar-refractivity contribution >= 4 is 5.82 Å². The van der Waals surface area contributed by atoms with E-state index in [-0.39, 0.29) is 6.10 Å². The van der Waals surface area contributed by atoms with Gasteiger partial charge in [0.2, 0.25) is 0 Å². The van der Waals surface area contributed by atoms with Crippen LogP contribution >= 0.6 is 0 Å². The Morgan fingerprint density at radius 3 is 2.88 bits per heavy atom.